The summed E-state index contributed by atoms with van der Waals surface area (Å²) in [5.74, 6) is 0.290. The van der Waals surface area contributed by atoms with Crippen molar-refractivity contribution in [2.45, 2.75) is 38.0 Å². The second-order valence-corrected chi connectivity index (χ2v) is 10.5. The van der Waals surface area contributed by atoms with Crippen LogP contribution in [0.3, 0.4) is 0 Å². The Kier molecular flexibility index (Phi) is 5.55. The number of nitrogens with zero attached hydrogens (tertiary/aromatic N) is 5. The lowest BCUT2D eigenvalue weighted by Gasteiger charge is -2.16. The molecular formula is C24H27N5O4S. The molecule has 2 atom stereocenters. The molecule has 10 heteroatoms. The number of carbonyl (C=O) groups is 1. The predicted octanol–water partition coefficient (Wildman–Crippen LogP) is 3.81. The minimum atomic E-state index is -3.81. The molecule has 0 saturated carbocycles. The summed E-state index contributed by atoms with van der Waals surface area (Å²) in [4.78, 5) is 23.3. The molecule has 1 saturated heterocycles. The van der Waals surface area contributed by atoms with Gasteiger partial charge in [-0.2, -0.15) is 0 Å². The van der Waals surface area contributed by atoms with Crippen LogP contribution >= 0.6 is 0 Å². The molecule has 0 aliphatic carbocycles. The zero-order valence-electron chi connectivity index (χ0n) is 19.4. The van der Waals surface area contributed by atoms with Gasteiger partial charge in [0.15, 0.2) is 11.3 Å². The van der Waals surface area contributed by atoms with Crippen LogP contribution in [0, 0.1) is 12.8 Å². The summed E-state index contributed by atoms with van der Waals surface area (Å²) in [7, 11) is -3.81. The molecule has 1 amide bonds. The molecule has 4 aromatic rings. The van der Waals surface area contributed by atoms with E-state index >= 15 is 0 Å². The molecule has 178 valence electrons. The van der Waals surface area contributed by atoms with Gasteiger partial charge in [-0.1, -0.05) is 31.0 Å². The summed E-state index contributed by atoms with van der Waals surface area (Å²) >= 11 is 0. The van der Waals surface area contributed by atoms with E-state index in [4.69, 9.17) is 4.74 Å². The summed E-state index contributed by atoms with van der Waals surface area (Å²) in [5.41, 5.74) is 3.55. The Morgan fingerprint density at radius 2 is 1.85 bits per heavy atom. The molecule has 34 heavy (non-hydrogen) atoms. The maximum absolute atomic E-state index is 13.4. The number of imidazole rings is 1. The number of likely N-dealkylation sites (tertiary alicyclic amines) is 1. The molecule has 0 unspecified atom stereocenters. The normalized spacial score (nSPS) is 18.7. The fraction of sp³-hybridized carbons (Fsp3) is 0.375. The van der Waals surface area contributed by atoms with Gasteiger partial charge in [0.05, 0.1) is 23.2 Å². The first kappa shape index (κ1) is 22.4. The van der Waals surface area contributed by atoms with E-state index in [-0.39, 0.29) is 22.8 Å². The summed E-state index contributed by atoms with van der Waals surface area (Å²) in [6, 6.07) is 8.51. The minimum absolute atomic E-state index is 0.0482. The Balaban J connectivity index is 1.60. The van der Waals surface area contributed by atoms with E-state index in [2.05, 4.69) is 16.9 Å². The lowest BCUT2D eigenvalue weighted by molar-refractivity contribution is 0.114. The maximum atomic E-state index is 13.4. The second-order valence-electron chi connectivity index (χ2n) is 8.65. The molecule has 0 bridgehead atoms. The molecular weight excluding hydrogens is 454 g/mol. The third kappa shape index (κ3) is 3.53. The number of aromatic nitrogens is 4. The van der Waals surface area contributed by atoms with Crippen molar-refractivity contribution in [2.24, 2.45) is 5.92 Å². The van der Waals surface area contributed by atoms with Crippen molar-refractivity contribution in [3.05, 3.63) is 60.2 Å². The highest BCUT2D eigenvalue weighted by Crippen LogP contribution is 2.36. The van der Waals surface area contributed by atoms with E-state index in [1.807, 2.05) is 17.5 Å². The van der Waals surface area contributed by atoms with Gasteiger partial charge in [-0.05, 0) is 38.0 Å². The maximum Gasteiger partial charge on any atom is 0.409 e. The zero-order valence-corrected chi connectivity index (χ0v) is 20.2. The highest BCUT2D eigenvalue weighted by molar-refractivity contribution is 7.90. The number of amides is 1. The number of benzene rings is 1. The first-order chi connectivity index (χ1) is 16.3. The molecule has 1 aromatic carbocycles. The third-order valence-corrected chi connectivity index (χ3v) is 8.29. The molecule has 0 N–H and O–H groups in total. The Hall–Kier alpha value is -3.40. The van der Waals surface area contributed by atoms with E-state index in [1.54, 1.807) is 48.4 Å². The molecule has 0 spiro atoms. The molecule has 1 aliphatic heterocycles. The Bertz CT molecular complexity index is 1470. The lowest BCUT2D eigenvalue weighted by Crippen LogP contribution is -2.29. The van der Waals surface area contributed by atoms with Crippen LogP contribution in [0.1, 0.15) is 37.4 Å². The van der Waals surface area contributed by atoms with Crippen LogP contribution in [0.5, 0.6) is 0 Å². The van der Waals surface area contributed by atoms with Crippen LogP contribution in [0.4, 0.5) is 4.79 Å². The highest BCUT2D eigenvalue weighted by atomic mass is 32.2. The van der Waals surface area contributed by atoms with Crippen molar-refractivity contribution in [1.29, 1.82) is 0 Å². The van der Waals surface area contributed by atoms with Crippen LogP contribution in [-0.2, 0) is 14.8 Å². The van der Waals surface area contributed by atoms with E-state index < -0.39 is 10.0 Å². The number of ether oxygens (including phenoxy) is 1. The number of aryl methyl sites for hydroxylation is 1. The highest BCUT2D eigenvalue weighted by Gasteiger charge is 2.37. The van der Waals surface area contributed by atoms with Crippen LogP contribution in [0.2, 0.25) is 0 Å². The molecule has 3 aromatic heterocycles. The fourth-order valence-electron chi connectivity index (χ4n) is 4.81. The molecule has 1 fully saturated rings. The third-order valence-electron chi connectivity index (χ3n) is 6.61. The van der Waals surface area contributed by atoms with Crippen LogP contribution in [-0.4, -0.2) is 57.4 Å². The average Bonchev–Trinajstić information content (AvgIpc) is 3.54. The van der Waals surface area contributed by atoms with Crippen molar-refractivity contribution in [3.8, 4) is 0 Å². The van der Waals surface area contributed by atoms with Gasteiger partial charge in [0, 0.05) is 37.1 Å². The Labute approximate surface area is 198 Å². The Morgan fingerprint density at radius 3 is 2.56 bits per heavy atom. The summed E-state index contributed by atoms with van der Waals surface area (Å²) in [6.07, 6.45) is 5.52. The van der Waals surface area contributed by atoms with E-state index in [0.717, 1.165) is 17.7 Å². The van der Waals surface area contributed by atoms with E-state index in [0.29, 0.717) is 36.5 Å². The fourth-order valence-corrected chi connectivity index (χ4v) is 6.11. The topological polar surface area (TPSA) is 98.8 Å². The van der Waals surface area contributed by atoms with Crippen LogP contribution in [0.25, 0.3) is 16.8 Å². The number of fused-ring (bicyclic) bond motifs is 3. The molecule has 0 radical (unpaired) electrons. The minimum Gasteiger partial charge on any atom is -0.450 e. The van der Waals surface area contributed by atoms with Gasteiger partial charge in [-0.3, -0.25) is 4.40 Å². The number of rotatable bonds is 5. The van der Waals surface area contributed by atoms with Gasteiger partial charge >= 0.3 is 6.09 Å². The van der Waals surface area contributed by atoms with Gasteiger partial charge in [0.2, 0.25) is 0 Å². The first-order valence-electron chi connectivity index (χ1n) is 11.4. The largest absolute Gasteiger partial charge is 0.450 e. The van der Waals surface area contributed by atoms with Crippen molar-refractivity contribution in [1.82, 2.24) is 23.2 Å². The van der Waals surface area contributed by atoms with Crippen molar-refractivity contribution in [2.75, 3.05) is 19.7 Å². The van der Waals surface area contributed by atoms with Gasteiger partial charge < -0.3 is 9.64 Å². The summed E-state index contributed by atoms with van der Waals surface area (Å²) < 4.78 is 35.1. The molecule has 4 heterocycles. The van der Waals surface area contributed by atoms with Crippen LogP contribution < -0.4 is 0 Å². The summed E-state index contributed by atoms with van der Waals surface area (Å²) in [6.45, 7) is 7.29. The number of hydrogen-bond acceptors (Lipinski definition) is 6. The molecule has 1 aliphatic rings. The van der Waals surface area contributed by atoms with Crippen molar-refractivity contribution < 1.29 is 17.9 Å². The monoisotopic (exact) mass is 481 g/mol. The smallest absolute Gasteiger partial charge is 0.409 e. The van der Waals surface area contributed by atoms with E-state index in [1.165, 1.54) is 10.2 Å². The zero-order chi connectivity index (χ0) is 24.0. The Morgan fingerprint density at radius 1 is 1.09 bits per heavy atom. The quantitative estimate of drug-likeness (QED) is 0.430. The van der Waals surface area contributed by atoms with Gasteiger partial charge in [0.1, 0.15) is 0 Å². The van der Waals surface area contributed by atoms with E-state index in [9.17, 15) is 13.2 Å². The average molecular weight is 482 g/mol. The standard InChI is InChI=1S/C24H27N5O4S/c1-4-17-14-27(24(30)33-5-2)15-19(17)21-12-25-22-13-26-23-20(29(21)22)10-11-28(23)34(31,32)18-8-6-16(3)7-9-18/h6-13,17,19H,4-5,14-15H2,1-3H3/t17-,19+/m1/s1. The van der Waals surface area contributed by atoms with Crippen molar-refractivity contribution in [3.63, 3.8) is 0 Å². The molecule has 9 nitrogen and oxygen atoms in total. The second kappa shape index (κ2) is 8.43. The lowest BCUT2D eigenvalue weighted by atomic mass is 9.91. The van der Waals surface area contributed by atoms with Gasteiger partial charge in [-0.25, -0.2) is 27.2 Å². The number of hydrogen-bond donors (Lipinski definition) is 0. The predicted molar refractivity (Wildman–Crippen MR) is 127 cm³/mol. The SMILES string of the molecule is CCOC(=O)N1C[C@@H](CC)[C@@H](c2cnc3cnc4c(ccn4S(=O)(=O)c4ccc(C)cc4)n23)C1. The number of carbonyl (C=O) groups excluding carboxylic acids is 1. The van der Waals surface area contributed by atoms with Gasteiger partial charge in [0.25, 0.3) is 10.0 Å². The summed E-state index contributed by atoms with van der Waals surface area (Å²) in [5, 5.41) is 0. The first-order valence-corrected chi connectivity index (χ1v) is 12.9. The molecule has 5 rings (SSSR count). The van der Waals surface area contributed by atoms with Crippen molar-refractivity contribution >= 4 is 32.9 Å². The van der Waals surface area contributed by atoms with Crippen LogP contribution in [0.15, 0.2) is 53.8 Å². The van der Waals surface area contributed by atoms with Gasteiger partial charge in [-0.15, -0.1) is 0 Å².